The molecule has 1 aliphatic rings. The van der Waals surface area contributed by atoms with Crippen molar-refractivity contribution in [2.24, 2.45) is 11.7 Å². The van der Waals surface area contributed by atoms with Crippen LogP contribution >= 0.6 is 0 Å². The molecule has 1 heterocycles. The fourth-order valence-electron chi connectivity index (χ4n) is 2.93. The Morgan fingerprint density at radius 1 is 1.48 bits per heavy atom. The average molecular weight is 284 g/mol. The van der Waals surface area contributed by atoms with Gasteiger partial charge in [0.2, 0.25) is 0 Å². The lowest BCUT2D eigenvalue weighted by atomic mass is 10.0. The van der Waals surface area contributed by atoms with Gasteiger partial charge in [0.15, 0.2) is 0 Å². The third-order valence-electron chi connectivity index (χ3n) is 4.07. The minimum Gasteiger partial charge on any atom is -0.338 e. The van der Waals surface area contributed by atoms with E-state index in [2.05, 4.69) is 18.8 Å². The van der Waals surface area contributed by atoms with Gasteiger partial charge in [-0.05, 0) is 49.4 Å². The molecule has 1 unspecified atom stereocenters. The summed E-state index contributed by atoms with van der Waals surface area (Å²) in [4.78, 5) is 14.5. The molecule has 21 heavy (non-hydrogen) atoms. The minimum atomic E-state index is 0.148. The number of likely N-dealkylation sites (tertiary alicyclic amines) is 1. The molecule has 3 nitrogen and oxygen atoms in total. The predicted octanol–water partition coefficient (Wildman–Crippen LogP) is 2.57. The van der Waals surface area contributed by atoms with E-state index in [0.29, 0.717) is 12.5 Å². The first kappa shape index (κ1) is 15.6. The summed E-state index contributed by atoms with van der Waals surface area (Å²) in [6, 6.07) is 5.74. The van der Waals surface area contributed by atoms with Crippen molar-refractivity contribution in [1.29, 1.82) is 0 Å². The van der Waals surface area contributed by atoms with E-state index in [1.54, 1.807) is 0 Å². The van der Waals surface area contributed by atoms with Crippen LogP contribution in [0.1, 0.15) is 47.7 Å². The molecule has 1 saturated heterocycles. The van der Waals surface area contributed by atoms with Crippen LogP contribution in [-0.2, 0) is 0 Å². The Labute approximate surface area is 127 Å². The maximum atomic E-state index is 12.5. The van der Waals surface area contributed by atoms with Gasteiger partial charge in [-0.1, -0.05) is 25.2 Å². The standard InChI is InChI=1S/C18H24N2O/c1-3-5-15-9-11-20(13-15)18(21)17-8-7-16(6-4-10-19)14(2)12-17/h7-8,12,15H,3,5,9-11,13,19H2,1-2H3. The molecule has 0 aliphatic carbocycles. The van der Waals surface area contributed by atoms with E-state index in [1.807, 2.05) is 30.0 Å². The molecule has 1 atom stereocenters. The molecule has 0 radical (unpaired) electrons. The van der Waals surface area contributed by atoms with Crippen molar-refractivity contribution in [3.8, 4) is 11.8 Å². The summed E-state index contributed by atoms with van der Waals surface area (Å²) in [5.74, 6) is 6.71. The Morgan fingerprint density at radius 3 is 2.95 bits per heavy atom. The molecular formula is C18H24N2O. The van der Waals surface area contributed by atoms with Crippen LogP contribution in [0.15, 0.2) is 18.2 Å². The maximum Gasteiger partial charge on any atom is 0.253 e. The van der Waals surface area contributed by atoms with Gasteiger partial charge in [-0.25, -0.2) is 0 Å². The fourth-order valence-corrected chi connectivity index (χ4v) is 2.93. The van der Waals surface area contributed by atoms with E-state index < -0.39 is 0 Å². The number of hydrogen-bond donors (Lipinski definition) is 1. The molecule has 0 bridgehead atoms. The Kier molecular flexibility index (Phi) is 5.41. The normalized spacial score (nSPS) is 17.5. The molecule has 0 spiro atoms. The summed E-state index contributed by atoms with van der Waals surface area (Å²) < 4.78 is 0. The number of aryl methyl sites for hydroxylation is 1. The molecule has 2 N–H and O–H groups in total. The molecule has 2 rings (SSSR count). The summed E-state index contributed by atoms with van der Waals surface area (Å²) in [6.07, 6.45) is 3.55. The second-order valence-corrected chi connectivity index (χ2v) is 5.73. The van der Waals surface area contributed by atoms with Crippen LogP contribution in [0.2, 0.25) is 0 Å². The lowest BCUT2D eigenvalue weighted by Gasteiger charge is -2.17. The number of carbonyl (C=O) groups excluding carboxylic acids is 1. The topological polar surface area (TPSA) is 46.3 Å². The molecule has 1 amide bonds. The lowest BCUT2D eigenvalue weighted by molar-refractivity contribution is 0.0786. The van der Waals surface area contributed by atoms with E-state index in [-0.39, 0.29) is 5.91 Å². The van der Waals surface area contributed by atoms with Crippen LogP contribution in [0.3, 0.4) is 0 Å². The quantitative estimate of drug-likeness (QED) is 0.867. The van der Waals surface area contributed by atoms with Gasteiger partial charge in [-0.3, -0.25) is 4.79 Å². The Hall–Kier alpha value is -1.79. The predicted molar refractivity (Wildman–Crippen MR) is 86.0 cm³/mol. The molecule has 1 aliphatic heterocycles. The van der Waals surface area contributed by atoms with E-state index >= 15 is 0 Å². The first-order chi connectivity index (χ1) is 10.2. The number of benzene rings is 1. The fraction of sp³-hybridized carbons (Fsp3) is 0.500. The first-order valence-electron chi connectivity index (χ1n) is 7.74. The molecule has 3 heteroatoms. The Balaban J connectivity index is 2.08. The molecule has 0 aromatic heterocycles. The van der Waals surface area contributed by atoms with E-state index in [4.69, 9.17) is 5.73 Å². The van der Waals surface area contributed by atoms with Crippen molar-refractivity contribution in [3.63, 3.8) is 0 Å². The van der Waals surface area contributed by atoms with Crippen molar-refractivity contribution >= 4 is 5.91 Å². The van der Waals surface area contributed by atoms with Gasteiger partial charge in [0, 0.05) is 24.2 Å². The van der Waals surface area contributed by atoms with E-state index in [0.717, 1.165) is 36.2 Å². The van der Waals surface area contributed by atoms with Crippen LogP contribution in [0.5, 0.6) is 0 Å². The smallest absolute Gasteiger partial charge is 0.253 e. The monoisotopic (exact) mass is 284 g/mol. The molecule has 0 saturated carbocycles. The molecule has 1 fully saturated rings. The van der Waals surface area contributed by atoms with Gasteiger partial charge >= 0.3 is 0 Å². The van der Waals surface area contributed by atoms with E-state index in [9.17, 15) is 4.79 Å². The largest absolute Gasteiger partial charge is 0.338 e. The highest BCUT2D eigenvalue weighted by molar-refractivity contribution is 5.94. The van der Waals surface area contributed by atoms with Crippen molar-refractivity contribution in [2.75, 3.05) is 19.6 Å². The Bertz CT molecular complexity index is 568. The Morgan fingerprint density at radius 2 is 2.29 bits per heavy atom. The summed E-state index contributed by atoms with van der Waals surface area (Å²) in [7, 11) is 0. The maximum absolute atomic E-state index is 12.5. The van der Waals surface area contributed by atoms with Gasteiger partial charge in [-0.2, -0.15) is 0 Å². The van der Waals surface area contributed by atoms with Gasteiger partial charge in [0.25, 0.3) is 5.91 Å². The van der Waals surface area contributed by atoms with Crippen LogP contribution in [0.25, 0.3) is 0 Å². The number of rotatable bonds is 3. The van der Waals surface area contributed by atoms with Gasteiger partial charge in [-0.15, -0.1) is 0 Å². The third-order valence-corrected chi connectivity index (χ3v) is 4.07. The number of amides is 1. The number of nitrogens with zero attached hydrogens (tertiary/aromatic N) is 1. The van der Waals surface area contributed by atoms with Crippen LogP contribution in [0, 0.1) is 24.7 Å². The summed E-state index contributed by atoms with van der Waals surface area (Å²) in [5.41, 5.74) is 8.14. The molecule has 1 aromatic carbocycles. The molecule has 112 valence electrons. The molecular weight excluding hydrogens is 260 g/mol. The summed E-state index contributed by atoms with van der Waals surface area (Å²) >= 11 is 0. The van der Waals surface area contributed by atoms with E-state index in [1.165, 1.54) is 12.8 Å². The van der Waals surface area contributed by atoms with Crippen LogP contribution in [0.4, 0.5) is 0 Å². The first-order valence-corrected chi connectivity index (χ1v) is 7.74. The van der Waals surface area contributed by atoms with Crippen LogP contribution in [-0.4, -0.2) is 30.4 Å². The highest BCUT2D eigenvalue weighted by Crippen LogP contribution is 2.23. The van der Waals surface area contributed by atoms with Crippen molar-refractivity contribution in [2.45, 2.75) is 33.1 Å². The van der Waals surface area contributed by atoms with Gasteiger partial charge < -0.3 is 10.6 Å². The number of carbonyl (C=O) groups is 1. The lowest BCUT2D eigenvalue weighted by Crippen LogP contribution is -2.28. The van der Waals surface area contributed by atoms with Crippen LogP contribution < -0.4 is 5.73 Å². The third kappa shape index (κ3) is 3.86. The number of nitrogens with two attached hydrogens (primary N) is 1. The van der Waals surface area contributed by atoms with Crippen molar-refractivity contribution < 1.29 is 4.79 Å². The zero-order chi connectivity index (χ0) is 15.2. The zero-order valence-corrected chi connectivity index (χ0v) is 13.0. The second kappa shape index (κ2) is 7.28. The van der Waals surface area contributed by atoms with Crippen molar-refractivity contribution in [1.82, 2.24) is 4.90 Å². The minimum absolute atomic E-state index is 0.148. The van der Waals surface area contributed by atoms with Crippen molar-refractivity contribution in [3.05, 3.63) is 34.9 Å². The molecule has 1 aromatic rings. The highest BCUT2D eigenvalue weighted by Gasteiger charge is 2.26. The second-order valence-electron chi connectivity index (χ2n) is 5.73. The SMILES string of the molecule is CCCC1CCN(C(=O)c2ccc(C#CCN)c(C)c2)C1. The van der Waals surface area contributed by atoms with Gasteiger partial charge in [0.05, 0.1) is 6.54 Å². The zero-order valence-electron chi connectivity index (χ0n) is 13.0. The summed E-state index contributed by atoms with van der Waals surface area (Å²) in [6.45, 7) is 6.33. The average Bonchev–Trinajstić information content (AvgIpc) is 2.94. The van der Waals surface area contributed by atoms with Gasteiger partial charge in [0.1, 0.15) is 0 Å². The highest BCUT2D eigenvalue weighted by atomic mass is 16.2. The summed E-state index contributed by atoms with van der Waals surface area (Å²) in [5, 5.41) is 0. The number of hydrogen-bond acceptors (Lipinski definition) is 2.